The molecule has 2 aromatic rings. The van der Waals surface area contributed by atoms with Gasteiger partial charge in [0.2, 0.25) is 0 Å². The molecule has 0 saturated carbocycles. The number of hydrogen-bond acceptors (Lipinski definition) is 4. The van der Waals surface area contributed by atoms with Crippen LogP contribution in [-0.2, 0) is 5.75 Å². The van der Waals surface area contributed by atoms with Crippen LogP contribution in [0.15, 0.2) is 52.5 Å². The molecule has 1 aromatic heterocycles. The molecule has 0 spiro atoms. The highest BCUT2D eigenvalue weighted by atomic mass is 32.2. The Morgan fingerprint density at radius 2 is 1.94 bits per heavy atom. The summed E-state index contributed by atoms with van der Waals surface area (Å²) in [4.78, 5) is 6.37. The van der Waals surface area contributed by atoms with Gasteiger partial charge in [0.05, 0.1) is 11.9 Å². The third-order valence-electron chi connectivity index (χ3n) is 2.36. The molecule has 2 nitrogen and oxygen atoms in total. The smallest absolute Gasteiger partial charge is 0.0638 e. The van der Waals surface area contributed by atoms with Gasteiger partial charge in [-0.25, -0.2) is 0 Å². The second kappa shape index (κ2) is 5.98. The summed E-state index contributed by atoms with van der Waals surface area (Å²) in [5.74, 6) is 0.933. The Hall–Kier alpha value is -1.13. The van der Waals surface area contributed by atoms with Gasteiger partial charge in [0.15, 0.2) is 0 Å². The van der Waals surface area contributed by atoms with Crippen molar-refractivity contribution in [2.24, 2.45) is 0 Å². The second-order valence-corrected chi connectivity index (χ2v) is 5.45. The zero-order valence-corrected chi connectivity index (χ0v) is 11.2. The van der Waals surface area contributed by atoms with Crippen LogP contribution in [-0.4, -0.2) is 11.2 Å². The summed E-state index contributed by atoms with van der Waals surface area (Å²) in [6.07, 6.45) is 5.55. The predicted molar refractivity (Wildman–Crippen MR) is 76.4 cm³/mol. The Kier molecular flexibility index (Phi) is 4.34. The molecule has 0 fully saturated rings. The van der Waals surface area contributed by atoms with Crippen molar-refractivity contribution >= 4 is 29.2 Å². The summed E-state index contributed by atoms with van der Waals surface area (Å²) in [5.41, 5.74) is 7.90. The molecule has 0 unspecified atom stereocenters. The number of thioether (sulfide) groups is 2. The number of rotatable bonds is 4. The van der Waals surface area contributed by atoms with Gasteiger partial charge in [-0.15, -0.1) is 23.5 Å². The van der Waals surface area contributed by atoms with Gasteiger partial charge in [-0.05, 0) is 30.0 Å². The molecule has 0 radical (unpaired) electrons. The van der Waals surface area contributed by atoms with Crippen molar-refractivity contribution in [3.8, 4) is 0 Å². The van der Waals surface area contributed by atoms with E-state index in [1.807, 2.05) is 6.07 Å². The molecule has 2 N–H and O–H groups in total. The third kappa shape index (κ3) is 3.41. The fourth-order valence-corrected chi connectivity index (χ4v) is 2.71. The van der Waals surface area contributed by atoms with Crippen LogP contribution in [0.4, 0.5) is 5.69 Å². The summed E-state index contributed by atoms with van der Waals surface area (Å²) in [7, 11) is 0. The van der Waals surface area contributed by atoms with Crippen molar-refractivity contribution in [1.82, 2.24) is 4.98 Å². The molecular weight excluding hydrogens is 248 g/mol. The van der Waals surface area contributed by atoms with E-state index in [2.05, 4.69) is 35.5 Å². The van der Waals surface area contributed by atoms with Crippen molar-refractivity contribution in [3.63, 3.8) is 0 Å². The van der Waals surface area contributed by atoms with Crippen LogP contribution in [0.25, 0.3) is 0 Å². The van der Waals surface area contributed by atoms with E-state index in [4.69, 9.17) is 5.73 Å². The standard InChI is InChI=1S/C13H14N2S2/c1-16-11-4-2-10(3-5-11)9-17-13-6-7-15-8-12(13)14/h2-8H,9,14H2,1H3. The highest BCUT2D eigenvalue weighted by molar-refractivity contribution is 7.99. The van der Waals surface area contributed by atoms with Gasteiger partial charge in [0.25, 0.3) is 0 Å². The monoisotopic (exact) mass is 262 g/mol. The first-order valence-corrected chi connectivity index (χ1v) is 7.46. The molecular formula is C13H14N2S2. The maximum absolute atomic E-state index is 5.84. The van der Waals surface area contributed by atoms with Crippen molar-refractivity contribution in [1.29, 1.82) is 0 Å². The van der Waals surface area contributed by atoms with E-state index in [1.165, 1.54) is 10.5 Å². The van der Waals surface area contributed by atoms with Gasteiger partial charge < -0.3 is 5.73 Å². The summed E-state index contributed by atoms with van der Waals surface area (Å²) in [6, 6.07) is 10.6. The highest BCUT2D eigenvalue weighted by Crippen LogP contribution is 2.27. The first-order valence-electron chi connectivity index (χ1n) is 5.25. The van der Waals surface area contributed by atoms with Gasteiger partial charge in [0.1, 0.15) is 0 Å². The van der Waals surface area contributed by atoms with Gasteiger partial charge in [-0.1, -0.05) is 12.1 Å². The lowest BCUT2D eigenvalue weighted by atomic mass is 10.2. The normalized spacial score (nSPS) is 10.4. The quantitative estimate of drug-likeness (QED) is 0.853. The van der Waals surface area contributed by atoms with Crippen molar-refractivity contribution in [2.75, 3.05) is 12.0 Å². The molecule has 0 aliphatic heterocycles. The summed E-state index contributed by atoms with van der Waals surface area (Å²) >= 11 is 3.50. The summed E-state index contributed by atoms with van der Waals surface area (Å²) in [6.45, 7) is 0. The molecule has 0 bridgehead atoms. The van der Waals surface area contributed by atoms with E-state index in [0.717, 1.165) is 16.3 Å². The maximum Gasteiger partial charge on any atom is 0.0638 e. The number of hydrogen-bond donors (Lipinski definition) is 1. The van der Waals surface area contributed by atoms with Crippen LogP contribution < -0.4 is 5.73 Å². The molecule has 0 amide bonds. The molecule has 88 valence electrons. The molecule has 17 heavy (non-hydrogen) atoms. The molecule has 0 aliphatic rings. The Labute approximate surface area is 110 Å². The molecule has 0 atom stereocenters. The van der Waals surface area contributed by atoms with Crippen LogP contribution >= 0.6 is 23.5 Å². The zero-order valence-electron chi connectivity index (χ0n) is 9.59. The number of pyridine rings is 1. The molecule has 0 saturated heterocycles. The minimum Gasteiger partial charge on any atom is -0.397 e. The van der Waals surface area contributed by atoms with E-state index in [-0.39, 0.29) is 0 Å². The molecule has 4 heteroatoms. The average Bonchev–Trinajstić information content (AvgIpc) is 2.38. The zero-order chi connectivity index (χ0) is 12.1. The number of benzene rings is 1. The average molecular weight is 262 g/mol. The van der Waals surface area contributed by atoms with Gasteiger partial charge >= 0.3 is 0 Å². The summed E-state index contributed by atoms with van der Waals surface area (Å²) < 4.78 is 0. The van der Waals surface area contributed by atoms with Gasteiger partial charge in [0, 0.05) is 21.7 Å². The van der Waals surface area contributed by atoms with E-state index >= 15 is 0 Å². The van der Waals surface area contributed by atoms with Crippen LogP contribution in [0, 0.1) is 0 Å². The van der Waals surface area contributed by atoms with E-state index in [0.29, 0.717) is 0 Å². The van der Waals surface area contributed by atoms with Gasteiger partial charge in [-0.2, -0.15) is 0 Å². The Morgan fingerprint density at radius 1 is 1.18 bits per heavy atom. The molecule has 2 rings (SSSR count). The SMILES string of the molecule is CSc1ccc(CSc2ccncc2N)cc1. The maximum atomic E-state index is 5.84. The molecule has 1 aromatic carbocycles. The van der Waals surface area contributed by atoms with E-state index in [9.17, 15) is 0 Å². The summed E-state index contributed by atoms with van der Waals surface area (Å²) in [5, 5.41) is 0. The number of nitrogen functional groups attached to an aromatic ring is 1. The Bertz CT molecular complexity index is 483. The lowest BCUT2D eigenvalue weighted by Gasteiger charge is -2.05. The number of nitrogens with two attached hydrogens (primary N) is 1. The lowest BCUT2D eigenvalue weighted by molar-refractivity contribution is 1.26. The van der Waals surface area contributed by atoms with Crippen molar-refractivity contribution < 1.29 is 0 Å². The largest absolute Gasteiger partial charge is 0.397 e. The lowest BCUT2D eigenvalue weighted by Crippen LogP contribution is -1.89. The predicted octanol–water partition coefficient (Wildman–Crippen LogP) is 3.68. The minimum atomic E-state index is 0.748. The Balaban J connectivity index is 2.00. The third-order valence-corrected chi connectivity index (χ3v) is 4.27. The van der Waals surface area contributed by atoms with Crippen LogP contribution in [0.2, 0.25) is 0 Å². The Morgan fingerprint density at radius 3 is 2.59 bits per heavy atom. The minimum absolute atomic E-state index is 0.748. The van der Waals surface area contributed by atoms with Crippen LogP contribution in [0.1, 0.15) is 5.56 Å². The molecule has 1 heterocycles. The van der Waals surface area contributed by atoms with Crippen molar-refractivity contribution in [2.45, 2.75) is 15.5 Å². The highest BCUT2D eigenvalue weighted by Gasteiger charge is 2.00. The van der Waals surface area contributed by atoms with Crippen molar-refractivity contribution in [3.05, 3.63) is 48.3 Å². The first-order chi connectivity index (χ1) is 8.29. The van der Waals surface area contributed by atoms with E-state index < -0.39 is 0 Å². The van der Waals surface area contributed by atoms with Gasteiger partial charge in [-0.3, -0.25) is 4.98 Å². The topological polar surface area (TPSA) is 38.9 Å². The first kappa shape index (κ1) is 12.3. The van der Waals surface area contributed by atoms with Crippen LogP contribution in [0.5, 0.6) is 0 Å². The van der Waals surface area contributed by atoms with E-state index in [1.54, 1.807) is 35.9 Å². The number of anilines is 1. The fraction of sp³-hybridized carbons (Fsp3) is 0.154. The second-order valence-electron chi connectivity index (χ2n) is 3.55. The number of nitrogens with zero attached hydrogens (tertiary/aromatic N) is 1. The fourth-order valence-electron chi connectivity index (χ4n) is 1.41. The van der Waals surface area contributed by atoms with Crippen LogP contribution in [0.3, 0.4) is 0 Å². The number of aromatic nitrogens is 1. The molecule has 0 aliphatic carbocycles.